The van der Waals surface area contributed by atoms with E-state index >= 15 is 0 Å². The molecule has 2 aliphatic rings. The zero-order valence-corrected chi connectivity index (χ0v) is 21.3. The van der Waals surface area contributed by atoms with E-state index in [1.807, 2.05) is 32.2 Å². The molecular formula is C29H38N4O2. The van der Waals surface area contributed by atoms with Crippen LogP contribution in [-0.4, -0.2) is 35.4 Å². The number of pyridine rings is 1. The molecule has 0 spiro atoms. The molecule has 2 unspecified atom stereocenters. The van der Waals surface area contributed by atoms with Crippen LogP contribution < -0.4 is 16.0 Å². The Balaban J connectivity index is 1.30. The fourth-order valence-corrected chi connectivity index (χ4v) is 4.65. The Morgan fingerprint density at radius 2 is 1.97 bits per heavy atom. The van der Waals surface area contributed by atoms with Gasteiger partial charge in [0.2, 0.25) is 0 Å². The van der Waals surface area contributed by atoms with Crippen molar-refractivity contribution >= 4 is 17.1 Å². The molecule has 6 nitrogen and oxygen atoms in total. The van der Waals surface area contributed by atoms with Gasteiger partial charge in [0.1, 0.15) is 0 Å². The van der Waals surface area contributed by atoms with Crippen molar-refractivity contribution in [2.24, 2.45) is 0 Å². The van der Waals surface area contributed by atoms with Gasteiger partial charge in [-0.05, 0) is 93.5 Å². The Labute approximate surface area is 209 Å². The molecule has 1 aliphatic heterocycles. The van der Waals surface area contributed by atoms with Crippen LogP contribution in [0.4, 0.5) is 17.1 Å². The Bertz CT molecular complexity index is 1100. The van der Waals surface area contributed by atoms with E-state index in [4.69, 9.17) is 4.74 Å². The normalized spacial score (nSPS) is 20.7. The molecule has 2 heterocycles. The van der Waals surface area contributed by atoms with Crippen LogP contribution >= 0.6 is 0 Å². The zero-order chi connectivity index (χ0) is 24.8. The number of hydrogen-bond donors (Lipinski definition) is 4. The first-order chi connectivity index (χ1) is 16.8. The lowest BCUT2D eigenvalue weighted by Gasteiger charge is -2.14. The van der Waals surface area contributed by atoms with Crippen LogP contribution in [0.1, 0.15) is 57.4 Å². The predicted octanol–water partition coefficient (Wildman–Crippen LogP) is 5.78. The smallest absolute Gasteiger partial charge is 0.0997 e. The molecule has 0 saturated carbocycles. The molecule has 1 aromatic carbocycles. The van der Waals surface area contributed by atoms with Crippen LogP contribution in [0.3, 0.4) is 0 Å². The molecular weight excluding hydrogens is 436 g/mol. The quantitative estimate of drug-likeness (QED) is 0.350. The second-order valence-electron chi connectivity index (χ2n) is 9.99. The van der Waals surface area contributed by atoms with Gasteiger partial charge in [0, 0.05) is 49.2 Å². The fraction of sp³-hybridized carbons (Fsp3) is 0.414. The largest absolute Gasteiger partial charge is 0.390 e. The summed E-state index contributed by atoms with van der Waals surface area (Å²) in [4.78, 5) is 4.53. The summed E-state index contributed by atoms with van der Waals surface area (Å²) in [5.74, 6) is 0. The maximum Gasteiger partial charge on any atom is 0.0997 e. The molecule has 6 heteroatoms. The van der Waals surface area contributed by atoms with Gasteiger partial charge >= 0.3 is 0 Å². The van der Waals surface area contributed by atoms with Crippen LogP contribution in [0.15, 0.2) is 72.1 Å². The number of aromatic nitrogens is 1. The average molecular weight is 475 g/mol. The van der Waals surface area contributed by atoms with E-state index in [-0.39, 0.29) is 6.10 Å². The Hall–Kier alpha value is -3.09. The van der Waals surface area contributed by atoms with Gasteiger partial charge < -0.3 is 25.8 Å². The highest BCUT2D eigenvalue weighted by Gasteiger charge is 2.26. The summed E-state index contributed by atoms with van der Waals surface area (Å²) in [7, 11) is 1.75. The monoisotopic (exact) mass is 474 g/mol. The molecule has 4 rings (SSSR count). The van der Waals surface area contributed by atoms with Crippen LogP contribution in [0.2, 0.25) is 0 Å². The maximum absolute atomic E-state index is 9.87. The number of allylic oxidation sites excluding steroid dienone is 2. The van der Waals surface area contributed by atoms with Crippen molar-refractivity contribution in [1.29, 1.82) is 0 Å². The van der Waals surface area contributed by atoms with E-state index in [2.05, 4.69) is 70.5 Å². The van der Waals surface area contributed by atoms with Crippen molar-refractivity contribution in [2.45, 2.75) is 64.2 Å². The number of hydrogen-bond acceptors (Lipinski definition) is 6. The van der Waals surface area contributed by atoms with Crippen molar-refractivity contribution in [2.75, 3.05) is 24.3 Å². The first-order valence-corrected chi connectivity index (χ1v) is 12.5. The number of ether oxygens (including phenoxy) is 1. The van der Waals surface area contributed by atoms with Crippen molar-refractivity contribution < 1.29 is 9.84 Å². The third kappa shape index (κ3) is 6.53. The lowest BCUT2D eigenvalue weighted by Crippen LogP contribution is -2.17. The second-order valence-corrected chi connectivity index (χ2v) is 9.99. The Morgan fingerprint density at radius 3 is 2.71 bits per heavy atom. The minimum atomic E-state index is -0.673. The number of anilines is 3. The number of rotatable bonds is 10. The number of fused-ring (bicyclic) bond motifs is 1. The number of methoxy groups -OCH3 is 1. The van der Waals surface area contributed by atoms with E-state index in [9.17, 15) is 5.11 Å². The molecule has 4 N–H and O–H groups in total. The van der Waals surface area contributed by atoms with Crippen molar-refractivity contribution in [3.05, 3.63) is 83.4 Å². The SMILES string of the molecule is COC1CCc2c(Nc3ccc(NCCC4=CNC(C)/C4=C\C=C/CC(C)(C)O)cc3)ccnc21. The minimum absolute atomic E-state index is 0.102. The summed E-state index contributed by atoms with van der Waals surface area (Å²) in [6, 6.07) is 10.8. The van der Waals surface area contributed by atoms with E-state index < -0.39 is 5.60 Å². The fourth-order valence-electron chi connectivity index (χ4n) is 4.65. The van der Waals surface area contributed by atoms with Gasteiger partial charge in [0.25, 0.3) is 0 Å². The highest BCUT2D eigenvalue weighted by molar-refractivity contribution is 5.66. The molecule has 186 valence electrons. The van der Waals surface area contributed by atoms with Crippen LogP contribution in [0, 0.1) is 0 Å². The van der Waals surface area contributed by atoms with E-state index in [1.165, 1.54) is 16.7 Å². The first kappa shape index (κ1) is 25.0. The average Bonchev–Trinajstić information content (AvgIpc) is 3.41. The van der Waals surface area contributed by atoms with Crippen molar-refractivity contribution in [3.8, 4) is 0 Å². The highest BCUT2D eigenvalue weighted by atomic mass is 16.5. The Morgan fingerprint density at radius 1 is 1.20 bits per heavy atom. The predicted molar refractivity (Wildman–Crippen MR) is 144 cm³/mol. The molecule has 0 bridgehead atoms. The lowest BCUT2D eigenvalue weighted by molar-refractivity contribution is 0.0839. The van der Waals surface area contributed by atoms with E-state index in [0.717, 1.165) is 48.6 Å². The molecule has 0 fully saturated rings. The number of aliphatic hydroxyl groups is 1. The maximum atomic E-state index is 9.87. The van der Waals surface area contributed by atoms with Crippen LogP contribution in [0.25, 0.3) is 0 Å². The van der Waals surface area contributed by atoms with Gasteiger partial charge in [-0.1, -0.05) is 18.2 Å². The summed E-state index contributed by atoms with van der Waals surface area (Å²) in [5, 5.41) is 20.4. The standard InChI is InChI=1S/C29H38N4O2/c1-20-24(7-5-6-16-29(2,3)34)21(19-32-20)14-17-30-22-8-10-23(11-9-22)33-26-15-18-31-28-25(26)12-13-27(28)35-4/h5-11,15,18-20,27,30,32,34H,12-14,16-17H2,1-4H3,(H,31,33)/b6-5-,24-7+. The molecule has 0 amide bonds. The molecule has 0 saturated heterocycles. The zero-order valence-electron chi connectivity index (χ0n) is 21.3. The van der Waals surface area contributed by atoms with Crippen molar-refractivity contribution in [1.82, 2.24) is 10.3 Å². The van der Waals surface area contributed by atoms with Gasteiger partial charge in [-0.25, -0.2) is 0 Å². The van der Waals surface area contributed by atoms with Gasteiger partial charge in [-0.15, -0.1) is 0 Å². The van der Waals surface area contributed by atoms with Gasteiger partial charge in [0.05, 0.1) is 17.4 Å². The van der Waals surface area contributed by atoms with E-state index in [1.54, 1.807) is 7.11 Å². The summed E-state index contributed by atoms with van der Waals surface area (Å²) >= 11 is 0. The molecule has 1 aromatic heterocycles. The third-order valence-corrected chi connectivity index (χ3v) is 6.60. The first-order valence-electron chi connectivity index (χ1n) is 12.5. The van der Waals surface area contributed by atoms with E-state index in [0.29, 0.717) is 12.5 Å². The minimum Gasteiger partial charge on any atom is -0.390 e. The number of nitrogens with zero attached hydrogens (tertiary/aromatic N) is 1. The molecule has 2 aromatic rings. The van der Waals surface area contributed by atoms with Gasteiger partial charge in [-0.2, -0.15) is 0 Å². The summed E-state index contributed by atoms with van der Waals surface area (Å²) < 4.78 is 5.56. The third-order valence-electron chi connectivity index (χ3n) is 6.60. The summed E-state index contributed by atoms with van der Waals surface area (Å²) in [5.41, 5.74) is 7.54. The lowest BCUT2D eigenvalue weighted by atomic mass is 10.00. The van der Waals surface area contributed by atoms with Crippen LogP contribution in [0.5, 0.6) is 0 Å². The Kier molecular flexibility index (Phi) is 7.93. The van der Waals surface area contributed by atoms with Gasteiger partial charge in [0.15, 0.2) is 0 Å². The van der Waals surface area contributed by atoms with Crippen molar-refractivity contribution in [3.63, 3.8) is 0 Å². The van der Waals surface area contributed by atoms with Gasteiger partial charge in [-0.3, -0.25) is 4.98 Å². The topological polar surface area (TPSA) is 78.4 Å². The highest BCUT2D eigenvalue weighted by Crippen LogP contribution is 2.37. The number of nitrogens with one attached hydrogen (secondary N) is 3. The van der Waals surface area contributed by atoms with Crippen LogP contribution in [-0.2, 0) is 11.2 Å². The summed E-state index contributed by atoms with van der Waals surface area (Å²) in [6.45, 7) is 6.68. The molecule has 1 aliphatic carbocycles. The molecule has 0 radical (unpaired) electrons. The molecule has 35 heavy (non-hydrogen) atoms. The number of benzene rings is 1. The molecule has 2 atom stereocenters. The summed E-state index contributed by atoms with van der Waals surface area (Å²) in [6.07, 6.45) is 13.9. The second kappa shape index (κ2) is 11.1.